The molecule has 3 aromatic rings. The number of amides is 2. The van der Waals surface area contributed by atoms with Crippen molar-refractivity contribution in [1.29, 1.82) is 0 Å². The van der Waals surface area contributed by atoms with Crippen LogP contribution in [-0.2, 0) is 22.6 Å². The maximum atomic E-state index is 12.0. The normalized spacial score (nSPS) is 27.7. The zero-order valence-corrected chi connectivity index (χ0v) is 27.2. The first-order valence-electron chi connectivity index (χ1n) is 16.6. The van der Waals surface area contributed by atoms with Gasteiger partial charge in [-0.3, -0.25) is 4.90 Å². The topological polar surface area (TPSA) is 83.1 Å². The minimum atomic E-state index is -0.482. The van der Waals surface area contributed by atoms with E-state index in [0.717, 1.165) is 52.9 Å². The maximum absolute atomic E-state index is 12.0. The van der Waals surface area contributed by atoms with Crippen molar-refractivity contribution in [3.8, 4) is 11.1 Å². The van der Waals surface area contributed by atoms with Gasteiger partial charge < -0.3 is 25.2 Å². The first-order valence-corrected chi connectivity index (χ1v) is 16.6. The third-order valence-electron chi connectivity index (χ3n) is 9.86. The van der Waals surface area contributed by atoms with Crippen molar-refractivity contribution >= 4 is 6.03 Å². The lowest BCUT2D eigenvalue weighted by molar-refractivity contribution is -0.253. The van der Waals surface area contributed by atoms with Crippen molar-refractivity contribution in [1.82, 2.24) is 15.5 Å². The van der Waals surface area contributed by atoms with E-state index < -0.39 is 6.29 Å². The van der Waals surface area contributed by atoms with Gasteiger partial charge in [-0.05, 0) is 64.8 Å². The quantitative estimate of drug-likeness (QED) is 0.240. The fraction of sp³-hybridized carbons (Fsp3) is 0.500. The number of hydrogen-bond acceptors (Lipinski definition) is 5. The van der Waals surface area contributed by atoms with Crippen molar-refractivity contribution < 1.29 is 19.4 Å². The van der Waals surface area contributed by atoms with E-state index >= 15 is 0 Å². The van der Waals surface area contributed by atoms with Gasteiger partial charge in [-0.1, -0.05) is 93.6 Å². The molecule has 6 rings (SSSR count). The molecule has 0 radical (unpaired) electrons. The second-order valence-electron chi connectivity index (χ2n) is 14.5. The molecule has 3 aliphatic rings. The van der Waals surface area contributed by atoms with Gasteiger partial charge in [0.2, 0.25) is 0 Å². The van der Waals surface area contributed by atoms with E-state index in [-0.39, 0.29) is 24.8 Å². The first kappa shape index (κ1) is 31.7. The molecule has 7 heteroatoms. The number of nitrogens with one attached hydrogen (secondary N) is 2. The standard InChI is InChI=1S/C38H49N3O4/c1-5-39-36(43)40-21-30-8-6-7-9-33(30)27-14-16-29(17-15-27)35-44-32(18-34(45-35)28-12-10-26(23-42)11-13-28)22-41-25-38(4)20-31(41)19-37(2,3)24-38/h6-17,31-32,34-35,42H,5,18-25H2,1-4H3,(H2,39,40,43)/t31?,32-,34+,35+,38?/m1/s1. The number of likely N-dealkylation sites (tertiary alicyclic amines) is 1. The van der Waals surface area contributed by atoms with Crippen LogP contribution in [-0.4, -0.2) is 47.8 Å². The predicted molar refractivity (Wildman–Crippen MR) is 177 cm³/mol. The number of aliphatic hydroxyl groups excluding tert-OH is 1. The molecule has 2 amide bonds. The van der Waals surface area contributed by atoms with E-state index in [1.165, 1.54) is 19.3 Å². The van der Waals surface area contributed by atoms with Crippen LogP contribution >= 0.6 is 0 Å². The molecule has 3 aromatic carbocycles. The molecule has 45 heavy (non-hydrogen) atoms. The number of benzene rings is 3. The highest BCUT2D eigenvalue weighted by Crippen LogP contribution is 2.53. The lowest BCUT2D eigenvalue weighted by Crippen LogP contribution is -2.42. The molecule has 1 saturated carbocycles. The lowest BCUT2D eigenvalue weighted by atomic mass is 9.65. The summed E-state index contributed by atoms with van der Waals surface area (Å²) in [6, 6.07) is 25.2. The number of rotatable bonds is 9. The molecule has 0 aromatic heterocycles. The van der Waals surface area contributed by atoms with Gasteiger partial charge in [0.15, 0.2) is 6.29 Å². The van der Waals surface area contributed by atoms with Crippen LogP contribution in [0.2, 0.25) is 0 Å². The van der Waals surface area contributed by atoms with E-state index in [1.807, 2.05) is 31.2 Å². The molecule has 2 aliphatic heterocycles. The Morgan fingerprint density at radius 2 is 1.67 bits per heavy atom. The Kier molecular flexibility index (Phi) is 9.34. The monoisotopic (exact) mass is 611 g/mol. The summed E-state index contributed by atoms with van der Waals surface area (Å²) < 4.78 is 13.4. The number of carbonyl (C=O) groups is 1. The van der Waals surface area contributed by atoms with Crippen LogP contribution in [0.15, 0.2) is 72.8 Å². The highest BCUT2D eigenvalue weighted by Gasteiger charge is 2.50. The Hall–Kier alpha value is -3.23. The number of carbonyl (C=O) groups excluding carboxylic acids is 1. The molecule has 3 fully saturated rings. The smallest absolute Gasteiger partial charge is 0.315 e. The number of ether oxygens (including phenoxy) is 2. The summed E-state index contributed by atoms with van der Waals surface area (Å²) in [6.45, 7) is 12.3. The summed E-state index contributed by atoms with van der Waals surface area (Å²) in [5.74, 6) is 0. The average molecular weight is 612 g/mol. The predicted octanol–water partition coefficient (Wildman–Crippen LogP) is 7.11. The summed E-state index contributed by atoms with van der Waals surface area (Å²) in [5, 5.41) is 15.3. The molecule has 240 valence electrons. The van der Waals surface area contributed by atoms with Gasteiger partial charge in [-0.15, -0.1) is 0 Å². The van der Waals surface area contributed by atoms with Crippen LogP contribution in [0.4, 0.5) is 4.79 Å². The minimum Gasteiger partial charge on any atom is -0.392 e. The van der Waals surface area contributed by atoms with Gasteiger partial charge >= 0.3 is 6.03 Å². The number of hydrogen-bond donors (Lipinski definition) is 3. The van der Waals surface area contributed by atoms with Crippen LogP contribution < -0.4 is 10.6 Å². The van der Waals surface area contributed by atoms with E-state index in [1.54, 1.807) is 0 Å². The molecule has 2 saturated heterocycles. The molecule has 5 atom stereocenters. The van der Waals surface area contributed by atoms with E-state index in [2.05, 4.69) is 84.8 Å². The largest absolute Gasteiger partial charge is 0.392 e. The average Bonchev–Trinajstić information content (AvgIpc) is 3.27. The molecule has 7 nitrogen and oxygen atoms in total. The summed E-state index contributed by atoms with van der Waals surface area (Å²) in [6.07, 6.45) is 4.04. The zero-order valence-electron chi connectivity index (χ0n) is 27.2. The second-order valence-corrected chi connectivity index (χ2v) is 14.5. The van der Waals surface area contributed by atoms with Gasteiger partial charge in [0.1, 0.15) is 0 Å². The van der Waals surface area contributed by atoms with E-state index in [4.69, 9.17) is 9.47 Å². The number of aliphatic hydroxyl groups is 1. The fourth-order valence-electron chi connectivity index (χ4n) is 8.26. The third-order valence-corrected chi connectivity index (χ3v) is 9.86. The molecular formula is C38H49N3O4. The summed E-state index contributed by atoms with van der Waals surface area (Å²) in [4.78, 5) is 14.7. The molecule has 1 aliphatic carbocycles. The van der Waals surface area contributed by atoms with Crippen molar-refractivity contribution in [3.05, 3.63) is 95.1 Å². The Morgan fingerprint density at radius 1 is 0.933 bits per heavy atom. The van der Waals surface area contributed by atoms with Crippen molar-refractivity contribution in [3.63, 3.8) is 0 Å². The van der Waals surface area contributed by atoms with Crippen molar-refractivity contribution in [2.75, 3.05) is 19.6 Å². The van der Waals surface area contributed by atoms with Crippen LogP contribution in [0.3, 0.4) is 0 Å². The molecule has 0 spiro atoms. The Bertz CT molecular complexity index is 1460. The minimum absolute atomic E-state index is 0.0309. The summed E-state index contributed by atoms with van der Waals surface area (Å²) in [7, 11) is 0. The van der Waals surface area contributed by atoms with Gasteiger partial charge in [0.25, 0.3) is 0 Å². The molecular weight excluding hydrogens is 562 g/mol. The second kappa shape index (κ2) is 13.2. The molecule has 2 bridgehead atoms. The zero-order chi connectivity index (χ0) is 31.6. The first-order chi connectivity index (χ1) is 21.6. The van der Waals surface area contributed by atoms with E-state index in [9.17, 15) is 9.90 Å². The molecule has 3 N–H and O–H groups in total. The fourth-order valence-corrected chi connectivity index (χ4v) is 8.26. The van der Waals surface area contributed by atoms with Gasteiger partial charge in [0, 0.05) is 44.2 Å². The van der Waals surface area contributed by atoms with Crippen LogP contribution in [0, 0.1) is 10.8 Å². The summed E-state index contributed by atoms with van der Waals surface area (Å²) >= 11 is 0. The molecule has 2 heterocycles. The van der Waals surface area contributed by atoms with Crippen LogP contribution in [0.1, 0.15) is 88.0 Å². The number of nitrogens with zero attached hydrogens (tertiary/aromatic N) is 1. The Morgan fingerprint density at radius 3 is 2.40 bits per heavy atom. The summed E-state index contributed by atoms with van der Waals surface area (Å²) in [5.41, 5.74) is 6.98. The number of urea groups is 1. The van der Waals surface area contributed by atoms with Crippen molar-refractivity contribution in [2.45, 2.75) is 91.1 Å². The number of fused-ring (bicyclic) bond motifs is 2. The van der Waals surface area contributed by atoms with E-state index in [0.29, 0.717) is 30.0 Å². The lowest BCUT2D eigenvalue weighted by Gasteiger charge is -2.41. The Balaban J connectivity index is 1.21. The van der Waals surface area contributed by atoms with Gasteiger partial charge in [0.05, 0.1) is 18.8 Å². The van der Waals surface area contributed by atoms with Gasteiger partial charge in [-0.2, -0.15) is 0 Å². The van der Waals surface area contributed by atoms with Crippen molar-refractivity contribution in [2.24, 2.45) is 10.8 Å². The maximum Gasteiger partial charge on any atom is 0.315 e. The highest BCUT2D eigenvalue weighted by atomic mass is 16.7. The van der Waals surface area contributed by atoms with Gasteiger partial charge in [-0.25, -0.2) is 4.79 Å². The third kappa shape index (κ3) is 7.44. The SMILES string of the molecule is CCNC(=O)NCc1ccccc1-c1ccc([C@H]2O[C@@H](CN3CC4(C)CC3CC(C)(C)C4)C[C@@H](c3ccc(CO)cc3)O2)cc1. The molecule has 2 unspecified atom stereocenters. The Labute approximate surface area is 268 Å². The van der Waals surface area contributed by atoms with Crippen LogP contribution in [0.5, 0.6) is 0 Å². The highest BCUT2D eigenvalue weighted by molar-refractivity contribution is 5.74. The van der Waals surface area contributed by atoms with Crippen LogP contribution in [0.25, 0.3) is 11.1 Å².